The van der Waals surface area contributed by atoms with Crippen LogP contribution in [0.15, 0.2) is 0 Å². The third-order valence-electron chi connectivity index (χ3n) is 2.52. The Morgan fingerprint density at radius 1 is 1.28 bits per heavy atom. The molecule has 0 aliphatic heterocycles. The van der Waals surface area contributed by atoms with E-state index in [4.69, 9.17) is 5.11 Å². The summed E-state index contributed by atoms with van der Waals surface area (Å²) < 4.78 is 0. The smallest absolute Gasteiger partial charge is 0.326 e. The van der Waals surface area contributed by atoms with E-state index in [1.807, 2.05) is 6.92 Å². The highest BCUT2D eigenvalue weighted by Gasteiger charge is 2.23. The van der Waals surface area contributed by atoms with Crippen molar-refractivity contribution in [1.29, 1.82) is 0 Å². The molecular formula is C11H21N3O4. The molecule has 7 nitrogen and oxygen atoms in total. The van der Waals surface area contributed by atoms with E-state index in [0.29, 0.717) is 6.54 Å². The Kier molecular flexibility index (Phi) is 6.77. The van der Waals surface area contributed by atoms with Gasteiger partial charge in [-0.1, -0.05) is 13.8 Å². The standard InChI is InChI=1S/C11H21N3O4/c1-5-14(4)8(15)6-12-11(18)13-9(7(2)3)10(16)17/h7,9H,5-6H2,1-4H3,(H,16,17)(H2,12,13,18)/t9-/m1/s1. The summed E-state index contributed by atoms with van der Waals surface area (Å²) in [5.74, 6) is -1.57. The van der Waals surface area contributed by atoms with Crippen molar-refractivity contribution in [3.05, 3.63) is 0 Å². The van der Waals surface area contributed by atoms with Crippen LogP contribution >= 0.6 is 0 Å². The third kappa shape index (κ3) is 5.51. The number of likely N-dealkylation sites (N-methyl/N-ethyl adjacent to an activating group) is 1. The lowest BCUT2D eigenvalue weighted by molar-refractivity contribution is -0.140. The zero-order chi connectivity index (χ0) is 14.3. The van der Waals surface area contributed by atoms with Crippen molar-refractivity contribution in [2.75, 3.05) is 20.1 Å². The molecule has 1 atom stereocenters. The highest BCUT2D eigenvalue weighted by molar-refractivity contribution is 5.86. The number of carboxylic acid groups (broad SMARTS) is 1. The van der Waals surface area contributed by atoms with Crippen molar-refractivity contribution >= 4 is 17.9 Å². The zero-order valence-electron chi connectivity index (χ0n) is 11.2. The van der Waals surface area contributed by atoms with E-state index < -0.39 is 18.0 Å². The molecule has 0 aromatic carbocycles. The largest absolute Gasteiger partial charge is 0.480 e. The van der Waals surface area contributed by atoms with Gasteiger partial charge in [0.1, 0.15) is 6.04 Å². The van der Waals surface area contributed by atoms with Crippen LogP contribution in [0.25, 0.3) is 0 Å². The van der Waals surface area contributed by atoms with E-state index in [0.717, 1.165) is 0 Å². The van der Waals surface area contributed by atoms with Crippen molar-refractivity contribution < 1.29 is 19.5 Å². The quantitative estimate of drug-likeness (QED) is 0.619. The van der Waals surface area contributed by atoms with Crippen LogP contribution in [-0.2, 0) is 9.59 Å². The van der Waals surface area contributed by atoms with Gasteiger partial charge in [0.15, 0.2) is 0 Å². The second kappa shape index (κ2) is 7.52. The van der Waals surface area contributed by atoms with Gasteiger partial charge >= 0.3 is 12.0 Å². The van der Waals surface area contributed by atoms with Crippen LogP contribution in [0.4, 0.5) is 4.79 Å². The van der Waals surface area contributed by atoms with Gasteiger partial charge in [0, 0.05) is 13.6 Å². The number of carbonyl (C=O) groups is 3. The fourth-order valence-corrected chi connectivity index (χ4v) is 1.17. The summed E-state index contributed by atoms with van der Waals surface area (Å²) in [6.07, 6.45) is 0. The highest BCUT2D eigenvalue weighted by Crippen LogP contribution is 2.01. The Bertz CT molecular complexity index is 317. The minimum absolute atomic E-state index is 0.152. The Morgan fingerprint density at radius 3 is 2.22 bits per heavy atom. The minimum atomic E-state index is -1.10. The predicted molar refractivity (Wildman–Crippen MR) is 66.1 cm³/mol. The molecular weight excluding hydrogens is 238 g/mol. The fraction of sp³-hybridized carbons (Fsp3) is 0.727. The molecule has 18 heavy (non-hydrogen) atoms. The topological polar surface area (TPSA) is 98.7 Å². The van der Waals surface area contributed by atoms with E-state index in [-0.39, 0.29) is 18.4 Å². The maximum Gasteiger partial charge on any atom is 0.326 e. The van der Waals surface area contributed by atoms with Gasteiger partial charge in [0.25, 0.3) is 0 Å². The number of carbonyl (C=O) groups excluding carboxylic acids is 2. The minimum Gasteiger partial charge on any atom is -0.480 e. The van der Waals surface area contributed by atoms with Crippen LogP contribution in [0.2, 0.25) is 0 Å². The summed E-state index contributed by atoms with van der Waals surface area (Å²) in [4.78, 5) is 35.1. The first-order valence-corrected chi connectivity index (χ1v) is 5.80. The lowest BCUT2D eigenvalue weighted by Gasteiger charge is -2.19. The predicted octanol–water partition coefficient (Wildman–Crippen LogP) is -0.127. The van der Waals surface area contributed by atoms with Gasteiger partial charge in [-0.2, -0.15) is 0 Å². The number of urea groups is 1. The summed E-state index contributed by atoms with van der Waals surface area (Å²) in [6, 6.07) is -1.63. The second-order valence-corrected chi connectivity index (χ2v) is 4.29. The summed E-state index contributed by atoms with van der Waals surface area (Å²) in [5.41, 5.74) is 0. The van der Waals surface area contributed by atoms with E-state index >= 15 is 0 Å². The number of hydrogen-bond donors (Lipinski definition) is 3. The van der Waals surface area contributed by atoms with Crippen LogP contribution in [0.5, 0.6) is 0 Å². The molecule has 0 spiro atoms. The van der Waals surface area contributed by atoms with Crippen molar-refractivity contribution in [2.45, 2.75) is 26.8 Å². The van der Waals surface area contributed by atoms with Gasteiger partial charge in [-0.25, -0.2) is 9.59 Å². The van der Waals surface area contributed by atoms with Crippen molar-refractivity contribution in [2.24, 2.45) is 5.92 Å². The Morgan fingerprint density at radius 2 is 1.83 bits per heavy atom. The van der Waals surface area contributed by atoms with Gasteiger partial charge in [0.05, 0.1) is 6.54 Å². The zero-order valence-corrected chi connectivity index (χ0v) is 11.2. The van der Waals surface area contributed by atoms with Crippen LogP contribution in [0.3, 0.4) is 0 Å². The van der Waals surface area contributed by atoms with E-state index in [2.05, 4.69) is 10.6 Å². The number of nitrogens with one attached hydrogen (secondary N) is 2. The maximum absolute atomic E-state index is 11.4. The normalized spacial score (nSPS) is 11.8. The molecule has 0 fully saturated rings. The molecule has 0 aromatic rings. The molecule has 0 radical (unpaired) electrons. The molecule has 0 aliphatic rings. The molecule has 0 bridgehead atoms. The Labute approximate surface area is 107 Å². The van der Waals surface area contributed by atoms with Gasteiger partial charge < -0.3 is 20.6 Å². The highest BCUT2D eigenvalue weighted by atomic mass is 16.4. The number of amides is 3. The summed E-state index contributed by atoms with van der Waals surface area (Å²) >= 11 is 0. The van der Waals surface area contributed by atoms with Crippen LogP contribution < -0.4 is 10.6 Å². The monoisotopic (exact) mass is 259 g/mol. The first-order valence-electron chi connectivity index (χ1n) is 5.80. The van der Waals surface area contributed by atoms with Gasteiger partial charge in [-0.05, 0) is 12.8 Å². The third-order valence-corrected chi connectivity index (χ3v) is 2.52. The van der Waals surface area contributed by atoms with Crippen LogP contribution in [-0.4, -0.2) is 54.1 Å². The Balaban J connectivity index is 4.19. The SMILES string of the molecule is CCN(C)C(=O)CNC(=O)N[C@@H](C(=O)O)C(C)C. The van der Waals surface area contributed by atoms with Crippen molar-refractivity contribution in [3.63, 3.8) is 0 Å². The first-order chi connectivity index (χ1) is 8.29. The lowest BCUT2D eigenvalue weighted by atomic mass is 10.1. The summed E-state index contributed by atoms with van der Waals surface area (Å²) in [6.45, 7) is 5.59. The fourth-order valence-electron chi connectivity index (χ4n) is 1.17. The van der Waals surface area contributed by atoms with E-state index in [1.54, 1.807) is 20.9 Å². The van der Waals surface area contributed by atoms with Crippen molar-refractivity contribution in [1.82, 2.24) is 15.5 Å². The van der Waals surface area contributed by atoms with Gasteiger partial charge in [-0.15, -0.1) is 0 Å². The van der Waals surface area contributed by atoms with Crippen LogP contribution in [0.1, 0.15) is 20.8 Å². The molecule has 7 heteroatoms. The first kappa shape index (κ1) is 16.2. The summed E-state index contributed by atoms with van der Waals surface area (Å²) in [7, 11) is 1.62. The molecule has 0 aromatic heterocycles. The lowest BCUT2D eigenvalue weighted by Crippen LogP contribution is -2.50. The molecule has 0 rings (SSSR count). The summed E-state index contributed by atoms with van der Waals surface area (Å²) in [5, 5.41) is 13.5. The van der Waals surface area contributed by atoms with E-state index in [9.17, 15) is 14.4 Å². The molecule has 0 saturated heterocycles. The maximum atomic E-state index is 11.4. The molecule has 104 valence electrons. The average Bonchev–Trinajstić information content (AvgIpc) is 2.30. The second-order valence-electron chi connectivity index (χ2n) is 4.29. The number of nitrogens with zero attached hydrogens (tertiary/aromatic N) is 1. The number of hydrogen-bond acceptors (Lipinski definition) is 3. The van der Waals surface area contributed by atoms with Gasteiger partial charge in [-0.3, -0.25) is 4.79 Å². The molecule has 3 N–H and O–H groups in total. The van der Waals surface area contributed by atoms with Gasteiger partial charge in [0.2, 0.25) is 5.91 Å². The molecule has 3 amide bonds. The molecule has 0 saturated carbocycles. The molecule has 0 aliphatic carbocycles. The number of carboxylic acids is 1. The van der Waals surface area contributed by atoms with E-state index in [1.165, 1.54) is 4.90 Å². The molecule has 0 unspecified atom stereocenters. The van der Waals surface area contributed by atoms with Crippen molar-refractivity contribution in [3.8, 4) is 0 Å². The Hall–Kier alpha value is -1.79. The number of rotatable bonds is 6. The molecule has 0 heterocycles. The number of aliphatic carboxylic acids is 1. The average molecular weight is 259 g/mol. The van der Waals surface area contributed by atoms with Crippen LogP contribution in [0, 0.1) is 5.92 Å².